The standard InChI is InChI=1S/C7H8N2O2.C2H6/c1-8-9-6-3-2-5(10)4-7(6)11;1-2/h2-4,10-11H,1H3;1-2H3. The molecular weight excluding hydrogens is 168 g/mol. The first-order valence-electron chi connectivity index (χ1n) is 4.06. The minimum Gasteiger partial charge on any atom is -0.508 e. The lowest BCUT2D eigenvalue weighted by Crippen LogP contribution is -1.67. The van der Waals surface area contributed by atoms with Crippen LogP contribution in [0.1, 0.15) is 13.8 Å². The van der Waals surface area contributed by atoms with Crippen molar-refractivity contribution >= 4 is 5.69 Å². The molecule has 0 atom stereocenters. The Morgan fingerprint density at radius 1 is 1.15 bits per heavy atom. The number of hydrogen-bond donors (Lipinski definition) is 2. The molecular formula is C9H14N2O2. The predicted octanol–water partition coefficient (Wildman–Crippen LogP) is 2.84. The van der Waals surface area contributed by atoms with Crippen LogP contribution in [0.5, 0.6) is 11.5 Å². The zero-order valence-electron chi connectivity index (χ0n) is 8.02. The first kappa shape index (κ1) is 11.4. The summed E-state index contributed by atoms with van der Waals surface area (Å²) in [6.07, 6.45) is 0. The Bertz CT molecular complexity index is 285. The van der Waals surface area contributed by atoms with Crippen molar-refractivity contribution in [2.24, 2.45) is 10.2 Å². The van der Waals surface area contributed by atoms with Crippen LogP contribution in [0, 0.1) is 0 Å². The molecule has 0 radical (unpaired) electrons. The molecule has 0 heterocycles. The lowest BCUT2D eigenvalue weighted by atomic mass is 10.3. The maximum atomic E-state index is 9.11. The van der Waals surface area contributed by atoms with Gasteiger partial charge in [-0.15, -0.1) is 0 Å². The van der Waals surface area contributed by atoms with E-state index in [9.17, 15) is 0 Å². The summed E-state index contributed by atoms with van der Waals surface area (Å²) in [5.41, 5.74) is 0.352. The summed E-state index contributed by atoms with van der Waals surface area (Å²) in [6, 6.07) is 4.13. The van der Waals surface area contributed by atoms with Crippen LogP contribution in [0.4, 0.5) is 5.69 Å². The molecule has 2 N–H and O–H groups in total. The van der Waals surface area contributed by atoms with Crippen LogP contribution >= 0.6 is 0 Å². The first-order valence-corrected chi connectivity index (χ1v) is 4.06. The Kier molecular flexibility index (Phi) is 5.27. The maximum Gasteiger partial charge on any atom is 0.146 e. The zero-order chi connectivity index (χ0) is 10.3. The molecule has 1 rings (SSSR count). The molecule has 0 aliphatic rings. The number of rotatable bonds is 1. The summed E-state index contributed by atoms with van der Waals surface area (Å²) < 4.78 is 0. The molecule has 0 aliphatic carbocycles. The number of phenols is 2. The lowest BCUT2D eigenvalue weighted by molar-refractivity contribution is 0.451. The highest BCUT2D eigenvalue weighted by molar-refractivity contribution is 5.53. The number of azo groups is 1. The van der Waals surface area contributed by atoms with Crippen molar-refractivity contribution in [3.63, 3.8) is 0 Å². The van der Waals surface area contributed by atoms with E-state index in [-0.39, 0.29) is 11.5 Å². The van der Waals surface area contributed by atoms with Gasteiger partial charge in [-0.1, -0.05) is 13.8 Å². The summed E-state index contributed by atoms with van der Waals surface area (Å²) in [7, 11) is 1.51. The summed E-state index contributed by atoms with van der Waals surface area (Å²) in [5.74, 6) is -0.0619. The van der Waals surface area contributed by atoms with Crippen molar-refractivity contribution < 1.29 is 10.2 Å². The second-order valence-corrected chi connectivity index (χ2v) is 1.97. The zero-order valence-corrected chi connectivity index (χ0v) is 8.02. The molecule has 0 aliphatic heterocycles. The number of nitrogens with zero attached hydrogens (tertiary/aromatic N) is 2. The van der Waals surface area contributed by atoms with E-state index in [1.54, 1.807) is 0 Å². The molecule has 1 aromatic rings. The summed E-state index contributed by atoms with van der Waals surface area (Å²) >= 11 is 0. The van der Waals surface area contributed by atoms with Crippen LogP contribution in [0.2, 0.25) is 0 Å². The molecule has 0 aromatic heterocycles. The van der Waals surface area contributed by atoms with E-state index in [4.69, 9.17) is 10.2 Å². The third kappa shape index (κ3) is 3.55. The van der Waals surface area contributed by atoms with Gasteiger partial charge in [0.1, 0.15) is 17.2 Å². The lowest BCUT2D eigenvalue weighted by Gasteiger charge is -1.96. The quantitative estimate of drug-likeness (QED) is 0.656. The smallest absolute Gasteiger partial charge is 0.146 e. The number of benzene rings is 1. The van der Waals surface area contributed by atoms with E-state index >= 15 is 0 Å². The van der Waals surface area contributed by atoms with E-state index in [2.05, 4.69) is 10.2 Å². The van der Waals surface area contributed by atoms with Crippen LogP contribution in [0.25, 0.3) is 0 Å². The highest BCUT2D eigenvalue weighted by Crippen LogP contribution is 2.29. The normalized spacial score (nSPS) is 9.46. The van der Waals surface area contributed by atoms with Crippen LogP contribution in [-0.2, 0) is 0 Å². The SMILES string of the molecule is CC.CN=Nc1ccc(O)cc1O. The largest absolute Gasteiger partial charge is 0.508 e. The number of hydrogen-bond acceptors (Lipinski definition) is 4. The molecule has 0 unspecified atom stereocenters. The Labute approximate surface area is 77.6 Å². The van der Waals surface area contributed by atoms with Gasteiger partial charge in [-0.3, -0.25) is 0 Å². The maximum absolute atomic E-state index is 9.11. The van der Waals surface area contributed by atoms with Crippen LogP contribution in [-0.4, -0.2) is 17.3 Å². The molecule has 4 nitrogen and oxygen atoms in total. The fourth-order valence-corrected chi connectivity index (χ4v) is 0.704. The van der Waals surface area contributed by atoms with Gasteiger partial charge in [0.2, 0.25) is 0 Å². The van der Waals surface area contributed by atoms with E-state index in [0.717, 1.165) is 0 Å². The topological polar surface area (TPSA) is 65.2 Å². The van der Waals surface area contributed by atoms with Crippen molar-refractivity contribution in [1.82, 2.24) is 0 Å². The number of aromatic hydroxyl groups is 2. The Morgan fingerprint density at radius 2 is 1.77 bits per heavy atom. The predicted molar refractivity (Wildman–Crippen MR) is 51.6 cm³/mol. The second-order valence-electron chi connectivity index (χ2n) is 1.97. The molecule has 0 fully saturated rings. The molecule has 0 bridgehead atoms. The fourth-order valence-electron chi connectivity index (χ4n) is 0.704. The molecule has 0 spiro atoms. The van der Waals surface area contributed by atoms with Gasteiger partial charge < -0.3 is 10.2 Å². The van der Waals surface area contributed by atoms with Gasteiger partial charge in [-0.05, 0) is 12.1 Å². The fraction of sp³-hybridized carbons (Fsp3) is 0.333. The van der Waals surface area contributed by atoms with Crippen molar-refractivity contribution in [3.05, 3.63) is 18.2 Å². The van der Waals surface area contributed by atoms with Crippen molar-refractivity contribution in [1.29, 1.82) is 0 Å². The van der Waals surface area contributed by atoms with Crippen molar-refractivity contribution in [3.8, 4) is 11.5 Å². The third-order valence-electron chi connectivity index (χ3n) is 1.17. The Balaban J connectivity index is 0.000000671. The highest BCUT2D eigenvalue weighted by Gasteiger charge is 1.98. The molecule has 13 heavy (non-hydrogen) atoms. The molecule has 4 heteroatoms. The molecule has 0 saturated heterocycles. The van der Waals surface area contributed by atoms with Gasteiger partial charge in [-0.25, -0.2) is 0 Å². The second kappa shape index (κ2) is 5.99. The van der Waals surface area contributed by atoms with Crippen LogP contribution in [0.3, 0.4) is 0 Å². The van der Waals surface area contributed by atoms with Crippen molar-refractivity contribution in [2.45, 2.75) is 13.8 Å². The van der Waals surface area contributed by atoms with Gasteiger partial charge in [0, 0.05) is 13.1 Å². The molecule has 0 saturated carbocycles. The third-order valence-corrected chi connectivity index (χ3v) is 1.17. The number of phenolic OH excluding ortho intramolecular Hbond substituents is 2. The van der Waals surface area contributed by atoms with E-state index in [1.165, 1.54) is 25.2 Å². The van der Waals surface area contributed by atoms with E-state index in [1.807, 2.05) is 13.8 Å². The van der Waals surface area contributed by atoms with E-state index < -0.39 is 0 Å². The summed E-state index contributed by atoms with van der Waals surface area (Å²) in [6.45, 7) is 4.00. The molecule has 72 valence electrons. The van der Waals surface area contributed by atoms with Gasteiger partial charge in [-0.2, -0.15) is 10.2 Å². The molecule has 1 aromatic carbocycles. The average Bonchev–Trinajstić information content (AvgIpc) is 2.14. The highest BCUT2D eigenvalue weighted by atomic mass is 16.3. The summed E-state index contributed by atoms with van der Waals surface area (Å²) in [4.78, 5) is 0. The first-order chi connectivity index (χ1) is 6.24. The van der Waals surface area contributed by atoms with Gasteiger partial charge in [0.15, 0.2) is 0 Å². The van der Waals surface area contributed by atoms with Gasteiger partial charge in [0.25, 0.3) is 0 Å². The minimum atomic E-state index is -0.0735. The molecule has 0 amide bonds. The average molecular weight is 182 g/mol. The van der Waals surface area contributed by atoms with Crippen LogP contribution < -0.4 is 0 Å². The van der Waals surface area contributed by atoms with Gasteiger partial charge in [0.05, 0.1) is 0 Å². The Hall–Kier alpha value is -1.58. The summed E-state index contributed by atoms with van der Waals surface area (Å²) in [5, 5.41) is 25.1. The Morgan fingerprint density at radius 3 is 2.23 bits per heavy atom. The van der Waals surface area contributed by atoms with Crippen LogP contribution in [0.15, 0.2) is 28.4 Å². The van der Waals surface area contributed by atoms with Crippen molar-refractivity contribution in [2.75, 3.05) is 7.05 Å². The monoisotopic (exact) mass is 182 g/mol. The van der Waals surface area contributed by atoms with Gasteiger partial charge >= 0.3 is 0 Å². The van der Waals surface area contributed by atoms with E-state index in [0.29, 0.717) is 5.69 Å². The minimum absolute atomic E-state index is 0.0116.